The Bertz CT molecular complexity index is 962. The van der Waals surface area contributed by atoms with Crippen molar-refractivity contribution in [2.24, 2.45) is 11.8 Å². The number of benzene rings is 1. The summed E-state index contributed by atoms with van der Waals surface area (Å²) in [5.41, 5.74) is 0.837. The molecule has 3 N–H and O–H groups in total. The highest BCUT2D eigenvalue weighted by molar-refractivity contribution is 5.97. The maximum atomic E-state index is 11.6. The summed E-state index contributed by atoms with van der Waals surface area (Å²) in [5, 5.41) is 28.0. The van der Waals surface area contributed by atoms with Crippen molar-refractivity contribution < 1.29 is 39.2 Å². The molecule has 1 aliphatic carbocycles. The quantitative estimate of drug-likeness (QED) is 0.302. The number of Topliss-reactive ketones (excluding diaryl/α,β-unsaturated/α-hetero) is 1. The highest BCUT2D eigenvalue weighted by Crippen LogP contribution is 2.40. The third-order valence-corrected chi connectivity index (χ3v) is 6.18. The molecule has 0 radical (unpaired) electrons. The average molecular weight is 489 g/mol. The zero-order chi connectivity index (χ0) is 26.2. The zero-order valence-electron chi connectivity index (χ0n) is 20.8. The largest absolute Gasteiger partial charge is 0.495 e. The number of ketones is 1. The van der Waals surface area contributed by atoms with E-state index in [-0.39, 0.29) is 23.5 Å². The van der Waals surface area contributed by atoms with Gasteiger partial charge in [0.15, 0.2) is 5.78 Å². The van der Waals surface area contributed by atoms with Gasteiger partial charge in [-0.25, -0.2) is 4.79 Å². The van der Waals surface area contributed by atoms with Crippen molar-refractivity contribution in [2.75, 3.05) is 7.11 Å². The second kappa shape index (κ2) is 12.7. The third-order valence-electron chi connectivity index (χ3n) is 6.18. The number of methoxy groups -OCH3 is 1. The van der Waals surface area contributed by atoms with Gasteiger partial charge >= 0.3 is 5.97 Å². The minimum atomic E-state index is -1.43. The molecule has 1 saturated carbocycles. The molecule has 8 heteroatoms. The van der Waals surface area contributed by atoms with Gasteiger partial charge in [-0.15, -0.1) is 0 Å². The van der Waals surface area contributed by atoms with Crippen molar-refractivity contribution in [3.05, 3.63) is 47.6 Å². The average Bonchev–Trinajstić information content (AvgIpc) is 2.81. The number of carboxylic acid groups (broad SMARTS) is 1. The number of hydrogen-bond acceptors (Lipinski definition) is 7. The number of aliphatic hydroxyl groups is 2. The maximum Gasteiger partial charge on any atom is 0.339 e. The molecule has 192 valence electrons. The number of carboxylic acids is 1. The molecule has 4 atom stereocenters. The number of fused-ring (bicyclic) bond motifs is 1. The van der Waals surface area contributed by atoms with Crippen molar-refractivity contribution in [3.8, 4) is 11.5 Å². The van der Waals surface area contributed by atoms with Crippen LogP contribution in [0.5, 0.6) is 11.5 Å². The van der Waals surface area contributed by atoms with E-state index in [1.54, 1.807) is 18.2 Å². The van der Waals surface area contributed by atoms with E-state index in [0.29, 0.717) is 12.0 Å². The van der Waals surface area contributed by atoms with Gasteiger partial charge in [-0.2, -0.15) is 0 Å². The molecule has 4 unspecified atom stereocenters. The fourth-order valence-corrected chi connectivity index (χ4v) is 4.19. The molecule has 0 amide bonds. The van der Waals surface area contributed by atoms with Crippen molar-refractivity contribution >= 4 is 18.0 Å². The van der Waals surface area contributed by atoms with Crippen LogP contribution in [-0.4, -0.2) is 58.3 Å². The molecule has 8 nitrogen and oxygen atoms in total. The molecule has 1 aliphatic heterocycles. The van der Waals surface area contributed by atoms with Gasteiger partial charge in [0.25, 0.3) is 0 Å². The lowest BCUT2D eigenvalue weighted by molar-refractivity contribution is -0.146. The number of aldehydes is 1. The van der Waals surface area contributed by atoms with E-state index in [1.807, 2.05) is 26.0 Å². The molecular weight excluding hydrogens is 452 g/mol. The van der Waals surface area contributed by atoms with Crippen LogP contribution in [0.25, 0.3) is 0 Å². The molecule has 1 aromatic carbocycles. The Labute approximate surface area is 206 Å². The summed E-state index contributed by atoms with van der Waals surface area (Å²) < 4.78 is 11.0. The van der Waals surface area contributed by atoms with E-state index in [4.69, 9.17) is 14.6 Å². The molecule has 0 saturated heterocycles. The van der Waals surface area contributed by atoms with Crippen molar-refractivity contribution in [3.63, 3.8) is 0 Å². The first-order chi connectivity index (χ1) is 16.6. The van der Waals surface area contributed by atoms with Crippen LogP contribution in [0.1, 0.15) is 62.4 Å². The van der Waals surface area contributed by atoms with E-state index < -0.39 is 29.9 Å². The van der Waals surface area contributed by atoms with Crippen LogP contribution < -0.4 is 9.47 Å². The van der Waals surface area contributed by atoms with Crippen LogP contribution in [0.4, 0.5) is 0 Å². The SMILES string of the molecule is CCCC=CC=CC1CC(O)C(O)C(=O)C1C=O.COc1c(C(=O)O)ccc2c1CCC(C)(C)O2. The Morgan fingerprint density at radius 1 is 1.26 bits per heavy atom. The molecular formula is C27H36O8. The number of aromatic carboxylic acids is 1. The topological polar surface area (TPSA) is 130 Å². The van der Waals surface area contributed by atoms with E-state index in [9.17, 15) is 24.6 Å². The predicted octanol–water partition coefficient (Wildman–Crippen LogP) is 3.52. The molecule has 1 fully saturated rings. The zero-order valence-corrected chi connectivity index (χ0v) is 20.8. The van der Waals surface area contributed by atoms with Crippen molar-refractivity contribution in [1.82, 2.24) is 0 Å². The summed E-state index contributed by atoms with van der Waals surface area (Å²) >= 11 is 0. The fourth-order valence-electron chi connectivity index (χ4n) is 4.19. The number of aliphatic hydroxyl groups excluding tert-OH is 2. The van der Waals surface area contributed by atoms with Crippen molar-refractivity contribution in [1.29, 1.82) is 0 Å². The predicted molar refractivity (Wildman–Crippen MR) is 131 cm³/mol. The number of unbranched alkanes of at least 4 members (excludes halogenated alkanes) is 1. The summed E-state index contributed by atoms with van der Waals surface area (Å²) in [7, 11) is 1.49. The van der Waals surface area contributed by atoms with E-state index in [0.717, 1.165) is 37.0 Å². The minimum absolute atomic E-state index is 0.189. The smallest absolute Gasteiger partial charge is 0.339 e. The van der Waals surface area contributed by atoms with Crippen LogP contribution in [0, 0.1) is 11.8 Å². The number of rotatable bonds is 7. The molecule has 0 bridgehead atoms. The van der Waals surface area contributed by atoms with Crippen LogP contribution in [-0.2, 0) is 16.0 Å². The van der Waals surface area contributed by atoms with Gasteiger partial charge in [-0.05, 0) is 57.6 Å². The van der Waals surface area contributed by atoms with Crippen LogP contribution in [0.2, 0.25) is 0 Å². The van der Waals surface area contributed by atoms with E-state index in [2.05, 4.69) is 6.92 Å². The first-order valence-electron chi connectivity index (χ1n) is 11.9. The Morgan fingerprint density at radius 2 is 1.97 bits per heavy atom. The first-order valence-corrected chi connectivity index (χ1v) is 11.9. The summed E-state index contributed by atoms with van der Waals surface area (Å²) in [6.45, 7) is 6.12. The number of ether oxygens (including phenoxy) is 2. The second-order valence-electron chi connectivity index (χ2n) is 9.37. The van der Waals surface area contributed by atoms with E-state index >= 15 is 0 Å². The Balaban J connectivity index is 0.000000247. The minimum Gasteiger partial charge on any atom is -0.495 e. The normalized spacial score (nSPS) is 25.4. The van der Waals surface area contributed by atoms with Gasteiger partial charge in [0, 0.05) is 5.56 Å². The van der Waals surface area contributed by atoms with Gasteiger partial charge in [-0.3, -0.25) is 4.79 Å². The number of carbonyl (C=O) groups is 3. The lowest BCUT2D eigenvalue weighted by atomic mass is 9.76. The second-order valence-corrected chi connectivity index (χ2v) is 9.37. The van der Waals surface area contributed by atoms with Gasteiger partial charge in [0.1, 0.15) is 35.1 Å². The Morgan fingerprint density at radius 3 is 2.57 bits per heavy atom. The molecule has 0 aromatic heterocycles. The number of allylic oxidation sites excluding steroid dienone is 4. The van der Waals surface area contributed by atoms with Gasteiger partial charge in [0.2, 0.25) is 0 Å². The maximum absolute atomic E-state index is 11.6. The molecule has 3 rings (SSSR count). The van der Waals surface area contributed by atoms with Crippen LogP contribution >= 0.6 is 0 Å². The van der Waals surface area contributed by atoms with Gasteiger partial charge < -0.3 is 29.6 Å². The van der Waals surface area contributed by atoms with Crippen LogP contribution in [0.15, 0.2) is 36.4 Å². The van der Waals surface area contributed by atoms with Crippen LogP contribution in [0.3, 0.4) is 0 Å². The summed E-state index contributed by atoms with van der Waals surface area (Å²) in [5.74, 6) is -1.60. The Hall–Kier alpha value is -2.97. The monoisotopic (exact) mass is 488 g/mol. The summed E-state index contributed by atoms with van der Waals surface area (Å²) in [4.78, 5) is 33.6. The molecule has 2 aliphatic rings. The molecule has 1 heterocycles. The van der Waals surface area contributed by atoms with E-state index in [1.165, 1.54) is 13.2 Å². The number of carbonyl (C=O) groups excluding carboxylic acids is 2. The summed E-state index contributed by atoms with van der Waals surface area (Å²) in [6, 6.07) is 3.24. The molecule has 35 heavy (non-hydrogen) atoms. The lowest BCUT2D eigenvalue weighted by Crippen LogP contribution is -2.47. The molecule has 0 spiro atoms. The van der Waals surface area contributed by atoms with Crippen molar-refractivity contribution in [2.45, 2.75) is 70.7 Å². The standard InChI is InChI=1S/C14H20O4.C13H16O4/c1-2-3-4-5-6-7-10-8-12(16)14(18)13(17)11(10)9-15;1-13(2)7-6-8-10(17-13)5-4-9(12(14)15)11(8)16-3/h4-7,9-12,14,16,18H,2-3,8H2,1H3;4-5H,6-7H2,1-3H3,(H,14,15). The highest BCUT2D eigenvalue weighted by Gasteiger charge is 2.41. The fraction of sp³-hybridized carbons (Fsp3) is 0.519. The lowest BCUT2D eigenvalue weighted by Gasteiger charge is -2.33. The van der Waals surface area contributed by atoms with Gasteiger partial charge in [-0.1, -0.05) is 37.6 Å². The Kier molecular flexibility index (Phi) is 10.2. The summed E-state index contributed by atoms with van der Waals surface area (Å²) in [6.07, 6.45) is 9.34. The number of hydrogen-bond donors (Lipinski definition) is 3. The van der Waals surface area contributed by atoms with Gasteiger partial charge in [0.05, 0.1) is 19.1 Å². The third kappa shape index (κ3) is 7.26. The highest BCUT2D eigenvalue weighted by atomic mass is 16.5. The molecule has 1 aromatic rings. The first kappa shape index (κ1) is 28.3.